The van der Waals surface area contributed by atoms with E-state index in [9.17, 15) is 8.42 Å². The lowest BCUT2D eigenvalue weighted by atomic mass is 9.90. The van der Waals surface area contributed by atoms with E-state index in [-0.39, 0.29) is 10.8 Å². The predicted octanol–water partition coefficient (Wildman–Crippen LogP) is 2.19. The van der Waals surface area contributed by atoms with Crippen LogP contribution in [0.25, 0.3) is 0 Å². The van der Waals surface area contributed by atoms with Crippen molar-refractivity contribution in [1.29, 1.82) is 0 Å². The van der Waals surface area contributed by atoms with Crippen molar-refractivity contribution in [2.24, 2.45) is 0 Å². The second-order valence-electron chi connectivity index (χ2n) is 5.97. The molecule has 0 radical (unpaired) electrons. The van der Waals surface area contributed by atoms with Crippen LogP contribution in [0.2, 0.25) is 0 Å². The molecular weight excluding hydrogens is 314 g/mol. The van der Waals surface area contributed by atoms with Gasteiger partial charge in [-0.25, -0.2) is 13.1 Å². The van der Waals surface area contributed by atoms with Crippen LogP contribution in [0.1, 0.15) is 29.4 Å². The number of benzene rings is 1. The van der Waals surface area contributed by atoms with Crippen LogP contribution < -0.4 is 9.62 Å². The number of hydrogen-bond acceptors (Lipinski definition) is 5. The number of rotatable bonds is 4. The molecule has 7 heteroatoms. The Morgan fingerprint density at radius 3 is 2.78 bits per heavy atom. The fourth-order valence-electron chi connectivity index (χ4n) is 3.16. The molecule has 1 N–H and O–H groups in total. The van der Waals surface area contributed by atoms with E-state index in [0.29, 0.717) is 18.0 Å². The smallest absolute Gasteiger partial charge is 0.245 e. The van der Waals surface area contributed by atoms with Crippen molar-refractivity contribution in [3.05, 3.63) is 41.3 Å². The zero-order chi connectivity index (χ0) is 16.6. The number of sulfonamides is 1. The van der Waals surface area contributed by atoms with Crippen LogP contribution >= 0.6 is 0 Å². The monoisotopic (exact) mass is 335 g/mol. The molecule has 2 aromatic rings. The van der Waals surface area contributed by atoms with Crippen LogP contribution in [-0.4, -0.2) is 33.7 Å². The molecule has 0 saturated carbocycles. The van der Waals surface area contributed by atoms with Gasteiger partial charge in [0.25, 0.3) is 0 Å². The van der Waals surface area contributed by atoms with E-state index in [1.54, 1.807) is 13.8 Å². The number of aryl methyl sites for hydroxylation is 2. The van der Waals surface area contributed by atoms with Gasteiger partial charge in [0.05, 0.1) is 0 Å². The zero-order valence-corrected chi connectivity index (χ0v) is 14.4. The van der Waals surface area contributed by atoms with Gasteiger partial charge in [-0.3, -0.25) is 0 Å². The highest BCUT2D eigenvalue weighted by Gasteiger charge is 2.28. The van der Waals surface area contributed by atoms with Gasteiger partial charge >= 0.3 is 0 Å². The van der Waals surface area contributed by atoms with Crippen molar-refractivity contribution in [2.45, 2.75) is 31.1 Å². The average Bonchev–Trinajstić information content (AvgIpc) is 2.86. The molecule has 1 aromatic heterocycles. The highest BCUT2D eigenvalue weighted by Crippen LogP contribution is 2.34. The number of hydrogen-bond donors (Lipinski definition) is 1. The van der Waals surface area contributed by atoms with Crippen LogP contribution in [0.3, 0.4) is 0 Å². The van der Waals surface area contributed by atoms with E-state index in [4.69, 9.17) is 4.52 Å². The third-order valence-electron chi connectivity index (χ3n) is 4.36. The van der Waals surface area contributed by atoms with Crippen LogP contribution in [0.4, 0.5) is 5.69 Å². The van der Waals surface area contributed by atoms with Crippen molar-refractivity contribution >= 4 is 15.7 Å². The van der Waals surface area contributed by atoms with Crippen LogP contribution in [0.15, 0.2) is 33.7 Å². The highest BCUT2D eigenvalue weighted by molar-refractivity contribution is 7.89. The Balaban J connectivity index is 1.81. The normalized spacial score (nSPS) is 18.0. The summed E-state index contributed by atoms with van der Waals surface area (Å²) in [6.45, 7) is 4.53. The van der Waals surface area contributed by atoms with E-state index in [1.165, 1.54) is 11.3 Å². The molecule has 0 fully saturated rings. The van der Waals surface area contributed by atoms with E-state index in [2.05, 4.69) is 34.0 Å². The molecule has 1 aromatic carbocycles. The van der Waals surface area contributed by atoms with E-state index >= 15 is 0 Å². The summed E-state index contributed by atoms with van der Waals surface area (Å²) >= 11 is 0. The lowest BCUT2D eigenvalue weighted by Gasteiger charge is -2.33. The van der Waals surface area contributed by atoms with Gasteiger partial charge < -0.3 is 9.42 Å². The first-order valence-corrected chi connectivity index (χ1v) is 9.11. The number of nitrogens with one attached hydrogen (secondary N) is 1. The fourth-order valence-corrected chi connectivity index (χ4v) is 4.57. The molecule has 124 valence electrons. The standard InChI is InChI=1S/C16H21N3O3S/c1-11-16(12(2)22-18-11)23(20,21)17-10-13-8-9-19(3)15-7-5-4-6-14(13)15/h4-7,13,17H,8-10H2,1-3H3/t13-/m1/s1. The lowest BCUT2D eigenvalue weighted by Crippen LogP contribution is -2.34. The maximum absolute atomic E-state index is 12.5. The SMILES string of the molecule is Cc1noc(C)c1S(=O)(=O)NC[C@H]1CCN(C)c2ccccc21. The van der Waals surface area contributed by atoms with Crippen molar-refractivity contribution in [2.75, 3.05) is 25.0 Å². The van der Waals surface area contributed by atoms with Gasteiger partial charge in [-0.15, -0.1) is 0 Å². The lowest BCUT2D eigenvalue weighted by molar-refractivity contribution is 0.390. The third kappa shape index (κ3) is 2.98. The molecule has 3 rings (SSSR count). The predicted molar refractivity (Wildman–Crippen MR) is 88.2 cm³/mol. The number of fused-ring (bicyclic) bond motifs is 1. The molecule has 0 saturated heterocycles. The van der Waals surface area contributed by atoms with Gasteiger partial charge in [-0.05, 0) is 31.9 Å². The Bertz CT molecular complexity index is 794. The topological polar surface area (TPSA) is 75.4 Å². The maximum atomic E-state index is 12.5. The summed E-state index contributed by atoms with van der Waals surface area (Å²) in [7, 11) is -1.55. The van der Waals surface area contributed by atoms with Crippen LogP contribution in [0.5, 0.6) is 0 Å². The van der Waals surface area contributed by atoms with Crippen LogP contribution in [0, 0.1) is 13.8 Å². The molecule has 1 atom stereocenters. The van der Waals surface area contributed by atoms with E-state index < -0.39 is 10.0 Å². The Hall–Kier alpha value is -1.86. The van der Waals surface area contributed by atoms with Crippen molar-refractivity contribution in [1.82, 2.24) is 9.88 Å². The van der Waals surface area contributed by atoms with Gasteiger partial charge in [0, 0.05) is 31.7 Å². The first-order valence-electron chi connectivity index (χ1n) is 7.63. The summed E-state index contributed by atoms with van der Waals surface area (Å²) in [5, 5.41) is 3.72. The van der Waals surface area contributed by atoms with Gasteiger partial charge in [-0.2, -0.15) is 0 Å². The van der Waals surface area contributed by atoms with Gasteiger partial charge in [-0.1, -0.05) is 23.4 Å². The maximum Gasteiger partial charge on any atom is 0.245 e. The van der Waals surface area contributed by atoms with E-state index in [0.717, 1.165) is 13.0 Å². The molecule has 2 heterocycles. The number of para-hydroxylation sites is 1. The third-order valence-corrected chi connectivity index (χ3v) is 6.02. The fraction of sp³-hybridized carbons (Fsp3) is 0.438. The van der Waals surface area contributed by atoms with Gasteiger partial charge in [0.15, 0.2) is 5.76 Å². The highest BCUT2D eigenvalue weighted by atomic mass is 32.2. The molecule has 23 heavy (non-hydrogen) atoms. The Labute approximate surface area is 136 Å². The summed E-state index contributed by atoms with van der Waals surface area (Å²) in [5.74, 6) is 0.483. The zero-order valence-electron chi connectivity index (χ0n) is 13.5. The van der Waals surface area contributed by atoms with Crippen molar-refractivity contribution in [3.8, 4) is 0 Å². The van der Waals surface area contributed by atoms with Gasteiger partial charge in [0.1, 0.15) is 10.6 Å². The van der Waals surface area contributed by atoms with Gasteiger partial charge in [0.2, 0.25) is 10.0 Å². The Kier molecular flexibility index (Phi) is 4.16. The minimum absolute atomic E-state index is 0.152. The largest absolute Gasteiger partial charge is 0.374 e. The second kappa shape index (κ2) is 5.98. The summed E-state index contributed by atoms with van der Waals surface area (Å²) in [5.41, 5.74) is 2.74. The molecule has 6 nitrogen and oxygen atoms in total. The minimum atomic E-state index is -3.61. The van der Waals surface area contributed by atoms with E-state index in [1.807, 2.05) is 12.1 Å². The minimum Gasteiger partial charge on any atom is -0.374 e. The Morgan fingerprint density at radius 1 is 1.35 bits per heavy atom. The number of anilines is 1. The summed E-state index contributed by atoms with van der Waals surface area (Å²) < 4.78 is 32.8. The van der Waals surface area contributed by atoms with Crippen LogP contribution in [-0.2, 0) is 10.0 Å². The molecule has 0 spiro atoms. The first kappa shape index (κ1) is 16.0. The molecule has 0 amide bonds. The molecule has 1 aliphatic rings. The summed E-state index contributed by atoms with van der Waals surface area (Å²) in [6, 6.07) is 8.14. The average molecular weight is 335 g/mol. The summed E-state index contributed by atoms with van der Waals surface area (Å²) in [4.78, 5) is 2.35. The molecule has 0 aliphatic carbocycles. The molecular formula is C16H21N3O3S. The second-order valence-corrected chi connectivity index (χ2v) is 7.67. The molecule has 1 aliphatic heterocycles. The number of aromatic nitrogens is 1. The number of nitrogens with zero attached hydrogens (tertiary/aromatic N) is 2. The summed E-state index contributed by atoms with van der Waals surface area (Å²) in [6.07, 6.45) is 0.914. The van der Waals surface area contributed by atoms with Crippen molar-refractivity contribution in [3.63, 3.8) is 0 Å². The molecule has 0 unspecified atom stereocenters. The quantitative estimate of drug-likeness (QED) is 0.927. The first-order chi connectivity index (χ1) is 10.9. The van der Waals surface area contributed by atoms with Crippen molar-refractivity contribution < 1.29 is 12.9 Å². The molecule has 0 bridgehead atoms. The Morgan fingerprint density at radius 2 is 2.09 bits per heavy atom.